The topological polar surface area (TPSA) is 92.6 Å². The maximum absolute atomic E-state index is 13.7. The molecule has 0 aliphatic rings. The highest BCUT2D eigenvalue weighted by Crippen LogP contribution is 2.22. The smallest absolute Gasteiger partial charge is 0.307 e. The van der Waals surface area contributed by atoms with Crippen molar-refractivity contribution in [3.05, 3.63) is 39.4 Å². The SMILES string of the molecule is CNC(=O)CCN(C)C(=O)c1cc(F)c([N+](=O)[O-])cc1F. The first-order valence-corrected chi connectivity index (χ1v) is 5.87. The summed E-state index contributed by atoms with van der Waals surface area (Å²) in [7, 11) is 2.74. The molecule has 0 unspecified atom stereocenters. The number of nitro groups is 1. The summed E-state index contributed by atoms with van der Waals surface area (Å²) in [5.74, 6) is -3.68. The highest BCUT2D eigenvalue weighted by atomic mass is 19.1. The fourth-order valence-electron chi connectivity index (χ4n) is 1.54. The van der Waals surface area contributed by atoms with Crippen molar-refractivity contribution in [3.63, 3.8) is 0 Å². The molecule has 9 heteroatoms. The predicted molar refractivity (Wildman–Crippen MR) is 68.7 cm³/mol. The molecular formula is C12H13F2N3O4. The zero-order valence-electron chi connectivity index (χ0n) is 11.4. The lowest BCUT2D eigenvalue weighted by Gasteiger charge is -2.17. The third-order valence-electron chi connectivity index (χ3n) is 2.76. The quantitative estimate of drug-likeness (QED) is 0.650. The Bertz CT molecular complexity index is 592. The van der Waals surface area contributed by atoms with Crippen molar-refractivity contribution in [2.45, 2.75) is 6.42 Å². The van der Waals surface area contributed by atoms with E-state index in [1.54, 1.807) is 0 Å². The fourth-order valence-corrected chi connectivity index (χ4v) is 1.54. The minimum atomic E-state index is -1.30. The van der Waals surface area contributed by atoms with Crippen LogP contribution in [0.5, 0.6) is 0 Å². The molecule has 1 rings (SSSR count). The molecule has 0 bridgehead atoms. The molecule has 7 nitrogen and oxygen atoms in total. The minimum absolute atomic E-state index is 0.00342. The maximum Gasteiger partial charge on any atom is 0.307 e. The van der Waals surface area contributed by atoms with Crippen molar-refractivity contribution in [1.82, 2.24) is 10.2 Å². The molecule has 0 atom stereocenters. The molecule has 0 saturated heterocycles. The average molecular weight is 301 g/mol. The van der Waals surface area contributed by atoms with Crippen LogP contribution in [0.15, 0.2) is 12.1 Å². The van der Waals surface area contributed by atoms with Crippen molar-refractivity contribution in [2.75, 3.05) is 20.6 Å². The molecule has 0 spiro atoms. The van der Waals surface area contributed by atoms with Gasteiger partial charge in [0, 0.05) is 27.1 Å². The number of carbonyl (C=O) groups is 2. The number of hydrogen-bond donors (Lipinski definition) is 1. The number of carbonyl (C=O) groups excluding carboxylic acids is 2. The minimum Gasteiger partial charge on any atom is -0.359 e. The van der Waals surface area contributed by atoms with Crippen LogP contribution in [-0.2, 0) is 4.79 Å². The number of rotatable bonds is 5. The number of amides is 2. The Kier molecular flexibility index (Phi) is 5.28. The number of halogens is 2. The molecule has 0 radical (unpaired) electrons. The van der Waals surface area contributed by atoms with Gasteiger partial charge >= 0.3 is 5.69 Å². The lowest BCUT2D eigenvalue weighted by atomic mass is 10.1. The van der Waals surface area contributed by atoms with E-state index in [1.807, 2.05) is 0 Å². The zero-order valence-corrected chi connectivity index (χ0v) is 11.4. The summed E-state index contributed by atoms with van der Waals surface area (Å²) in [5, 5.41) is 12.8. The first-order chi connectivity index (χ1) is 9.77. The number of nitro benzene ring substituents is 1. The molecular weight excluding hydrogens is 288 g/mol. The largest absolute Gasteiger partial charge is 0.359 e. The van der Waals surface area contributed by atoms with E-state index in [-0.39, 0.29) is 18.9 Å². The Morgan fingerprint density at radius 2 is 1.95 bits per heavy atom. The maximum atomic E-state index is 13.7. The van der Waals surface area contributed by atoms with Gasteiger partial charge in [-0.15, -0.1) is 0 Å². The molecule has 0 aliphatic heterocycles. The predicted octanol–water partition coefficient (Wildman–Crippen LogP) is 1.08. The summed E-state index contributed by atoms with van der Waals surface area (Å²) in [5.41, 5.74) is -1.67. The zero-order chi connectivity index (χ0) is 16.2. The van der Waals surface area contributed by atoms with Gasteiger partial charge in [-0.3, -0.25) is 19.7 Å². The second kappa shape index (κ2) is 6.73. The Balaban J connectivity index is 2.95. The molecule has 0 aromatic heterocycles. The third kappa shape index (κ3) is 3.94. The number of hydrogen-bond acceptors (Lipinski definition) is 4. The molecule has 1 aromatic rings. The molecule has 0 saturated carbocycles. The summed E-state index contributed by atoms with van der Waals surface area (Å²) in [6.45, 7) is -0.00342. The van der Waals surface area contributed by atoms with Gasteiger partial charge in [0.25, 0.3) is 5.91 Å². The molecule has 1 N–H and O–H groups in total. The molecule has 2 amide bonds. The number of nitrogens with zero attached hydrogens (tertiary/aromatic N) is 2. The van der Waals surface area contributed by atoms with Crippen LogP contribution in [0, 0.1) is 21.7 Å². The van der Waals surface area contributed by atoms with E-state index < -0.39 is 33.7 Å². The summed E-state index contributed by atoms with van der Waals surface area (Å²) in [6, 6.07) is 0.835. The Hall–Kier alpha value is -2.58. The van der Waals surface area contributed by atoms with E-state index in [0.29, 0.717) is 12.1 Å². The van der Waals surface area contributed by atoms with Gasteiger partial charge in [0.15, 0.2) is 0 Å². The summed E-state index contributed by atoms with van der Waals surface area (Å²) in [4.78, 5) is 33.4. The molecule has 114 valence electrons. The lowest BCUT2D eigenvalue weighted by molar-refractivity contribution is -0.387. The Morgan fingerprint density at radius 3 is 2.48 bits per heavy atom. The first-order valence-electron chi connectivity index (χ1n) is 5.87. The van der Waals surface area contributed by atoms with Crippen molar-refractivity contribution in [3.8, 4) is 0 Å². The highest BCUT2D eigenvalue weighted by molar-refractivity contribution is 5.94. The van der Waals surface area contributed by atoms with Crippen LogP contribution < -0.4 is 5.32 Å². The molecule has 0 fully saturated rings. The molecule has 1 aromatic carbocycles. The van der Waals surface area contributed by atoms with E-state index in [0.717, 1.165) is 4.90 Å². The van der Waals surface area contributed by atoms with E-state index in [9.17, 15) is 28.5 Å². The van der Waals surface area contributed by atoms with E-state index >= 15 is 0 Å². The Morgan fingerprint density at radius 1 is 1.33 bits per heavy atom. The van der Waals surface area contributed by atoms with Gasteiger partial charge in [-0.2, -0.15) is 4.39 Å². The third-order valence-corrected chi connectivity index (χ3v) is 2.76. The van der Waals surface area contributed by atoms with Gasteiger partial charge in [0.1, 0.15) is 5.82 Å². The summed E-state index contributed by atoms with van der Waals surface area (Å²) < 4.78 is 27.1. The second-order valence-electron chi connectivity index (χ2n) is 4.19. The van der Waals surface area contributed by atoms with Crippen LogP contribution in [0.2, 0.25) is 0 Å². The molecule has 0 heterocycles. The van der Waals surface area contributed by atoms with Crippen molar-refractivity contribution >= 4 is 17.5 Å². The van der Waals surface area contributed by atoms with Crippen molar-refractivity contribution < 1.29 is 23.3 Å². The standard InChI is InChI=1S/C12H13F2N3O4/c1-15-11(18)3-4-16(2)12(19)7-5-9(14)10(17(20)21)6-8(7)13/h5-6H,3-4H2,1-2H3,(H,15,18). The fraction of sp³-hybridized carbons (Fsp3) is 0.333. The van der Waals surface area contributed by atoms with Gasteiger partial charge in [0.05, 0.1) is 16.6 Å². The monoisotopic (exact) mass is 301 g/mol. The van der Waals surface area contributed by atoms with Crippen molar-refractivity contribution in [2.24, 2.45) is 0 Å². The van der Waals surface area contributed by atoms with Gasteiger partial charge < -0.3 is 10.2 Å². The van der Waals surface area contributed by atoms with Crippen LogP contribution in [0.4, 0.5) is 14.5 Å². The molecule has 0 aliphatic carbocycles. The second-order valence-corrected chi connectivity index (χ2v) is 4.19. The first kappa shape index (κ1) is 16.5. The Labute approximate surface area is 118 Å². The number of nitrogens with one attached hydrogen (secondary N) is 1. The van der Waals surface area contributed by atoms with Gasteiger partial charge in [-0.1, -0.05) is 0 Å². The number of benzene rings is 1. The van der Waals surface area contributed by atoms with Gasteiger partial charge in [-0.25, -0.2) is 4.39 Å². The van der Waals surface area contributed by atoms with E-state index in [4.69, 9.17) is 0 Å². The van der Waals surface area contributed by atoms with Crippen molar-refractivity contribution in [1.29, 1.82) is 0 Å². The van der Waals surface area contributed by atoms with E-state index in [2.05, 4.69) is 5.32 Å². The van der Waals surface area contributed by atoms with E-state index in [1.165, 1.54) is 14.1 Å². The normalized spacial score (nSPS) is 10.1. The van der Waals surface area contributed by atoms with Crippen LogP contribution >= 0.6 is 0 Å². The lowest BCUT2D eigenvalue weighted by Crippen LogP contribution is -2.32. The highest BCUT2D eigenvalue weighted by Gasteiger charge is 2.24. The summed E-state index contributed by atoms with van der Waals surface area (Å²) >= 11 is 0. The van der Waals surface area contributed by atoms with Crippen LogP contribution in [0.25, 0.3) is 0 Å². The average Bonchev–Trinajstić information content (AvgIpc) is 2.45. The van der Waals surface area contributed by atoms with Crippen LogP contribution in [-0.4, -0.2) is 42.3 Å². The van der Waals surface area contributed by atoms with Gasteiger partial charge in [0.2, 0.25) is 11.7 Å². The summed E-state index contributed by atoms with van der Waals surface area (Å²) in [6.07, 6.45) is -0.00414. The van der Waals surface area contributed by atoms with Crippen LogP contribution in [0.3, 0.4) is 0 Å². The van der Waals surface area contributed by atoms with Gasteiger partial charge in [-0.05, 0) is 6.07 Å². The van der Waals surface area contributed by atoms with Crippen LogP contribution in [0.1, 0.15) is 16.8 Å². The molecule has 21 heavy (non-hydrogen) atoms.